The van der Waals surface area contributed by atoms with Gasteiger partial charge in [-0.3, -0.25) is 5.10 Å². The van der Waals surface area contributed by atoms with E-state index in [0.717, 1.165) is 13.2 Å². The van der Waals surface area contributed by atoms with E-state index in [4.69, 9.17) is 0 Å². The Morgan fingerprint density at radius 1 is 1.41 bits per heavy atom. The summed E-state index contributed by atoms with van der Waals surface area (Å²) in [5.41, 5.74) is -1.81. The van der Waals surface area contributed by atoms with E-state index in [1.54, 1.807) is 0 Å². The normalized spacial score (nSPS) is 11.8. The Kier molecular flexibility index (Phi) is 2.53. The first-order chi connectivity index (χ1) is 7.95. The molecule has 0 bridgehead atoms. The Morgan fingerprint density at radius 2 is 2.12 bits per heavy atom. The summed E-state index contributed by atoms with van der Waals surface area (Å²) in [5.74, 6) is -1.03. The van der Waals surface area contributed by atoms with Crippen LogP contribution in [-0.2, 0) is 10.9 Å². The van der Waals surface area contributed by atoms with Crippen molar-refractivity contribution in [2.75, 3.05) is 7.11 Å². The van der Waals surface area contributed by atoms with Crippen molar-refractivity contribution in [3.05, 3.63) is 29.5 Å². The van der Waals surface area contributed by atoms with Gasteiger partial charge in [0.25, 0.3) is 0 Å². The van der Waals surface area contributed by atoms with Gasteiger partial charge in [-0.05, 0) is 6.07 Å². The second kappa shape index (κ2) is 3.76. The number of nitrogens with zero attached hydrogens (tertiary/aromatic N) is 1. The highest BCUT2D eigenvalue weighted by atomic mass is 19.4. The molecule has 2 aromatic rings. The molecule has 2 rings (SSSR count). The van der Waals surface area contributed by atoms with Crippen molar-refractivity contribution in [3.63, 3.8) is 0 Å². The zero-order valence-corrected chi connectivity index (χ0v) is 8.63. The Morgan fingerprint density at radius 3 is 2.71 bits per heavy atom. The zero-order chi connectivity index (χ0) is 12.6. The fourth-order valence-corrected chi connectivity index (χ4v) is 1.59. The SMILES string of the molecule is COC(=O)c1ccc2cn[nH]c2c1C(F)(F)F. The van der Waals surface area contributed by atoms with E-state index in [9.17, 15) is 18.0 Å². The summed E-state index contributed by atoms with van der Waals surface area (Å²) in [6.07, 6.45) is -3.40. The first-order valence-electron chi connectivity index (χ1n) is 4.56. The van der Waals surface area contributed by atoms with Gasteiger partial charge in [0.15, 0.2) is 0 Å². The highest BCUT2D eigenvalue weighted by Crippen LogP contribution is 2.36. The van der Waals surface area contributed by atoms with E-state index in [2.05, 4.69) is 14.9 Å². The molecule has 0 aliphatic carbocycles. The third kappa shape index (κ3) is 1.83. The highest BCUT2D eigenvalue weighted by molar-refractivity contribution is 5.97. The van der Waals surface area contributed by atoms with Crippen molar-refractivity contribution in [3.8, 4) is 0 Å². The molecule has 17 heavy (non-hydrogen) atoms. The lowest BCUT2D eigenvalue weighted by atomic mass is 10.0. The summed E-state index contributed by atoms with van der Waals surface area (Å²) in [4.78, 5) is 11.3. The van der Waals surface area contributed by atoms with E-state index in [-0.39, 0.29) is 10.9 Å². The second-order valence-corrected chi connectivity index (χ2v) is 3.31. The minimum absolute atomic E-state index is 0.222. The molecule has 7 heteroatoms. The molecule has 4 nitrogen and oxygen atoms in total. The lowest BCUT2D eigenvalue weighted by Crippen LogP contribution is -2.14. The molecule has 0 saturated heterocycles. The van der Waals surface area contributed by atoms with Crippen LogP contribution in [0.3, 0.4) is 0 Å². The molecular weight excluding hydrogens is 237 g/mol. The maximum absolute atomic E-state index is 12.9. The number of ether oxygens (including phenoxy) is 1. The topological polar surface area (TPSA) is 55.0 Å². The largest absolute Gasteiger partial charge is 0.465 e. The number of halogens is 3. The minimum atomic E-state index is -4.66. The number of carbonyl (C=O) groups is 1. The lowest BCUT2D eigenvalue weighted by Gasteiger charge is -2.12. The van der Waals surface area contributed by atoms with Crippen molar-refractivity contribution in [2.45, 2.75) is 6.18 Å². The van der Waals surface area contributed by atoms with Crippen LogP contribution in [0.5, 0.6) is 0 Å². The summed E-state index contributed by atoms with van der Waals surface area (Å²) < 4.78 is 43.0. The molecule has 0 fully saturated rings. The molecule has 1 aromatic heterocycles. The fourth-order valence-electron chi connectivity index (χ4n) is 1.59. The number of rotatable bonds is 1. The van der Waals surface area contributed by atoms with Gasteiger partial charge in [0.1, 0.15) is 0 Å². The number of esters is 1. The van der Waals surface area contributed by atoms with E-state index in [0.29, 0.717) is 0 Å². The first kappa shape index (κ1) is 11.4. The molecule has 90 valence electrons. The summed E-state index contributed by atoms with van der Waals surface area (Å²) in [5, 5.41) is 6.04. The number of H-pyrrole nitrogens is 1. The number of hydrogen-bond acceptors (Lipinski definition) is 3. The monoisotopic (exact) mass is 244 g/mol. The van der Waals surface area contributed by atoms with Crippen LogP contribution < -0.4 is 0 Å². The number of hydrogen-bond donors (Lipinski definition) is 1. The van der Waals surface area contributed by atoms with E-state index < -0.39 is 23.3 Å². The standard InChI is InChI=1S/C10H7F3N2O2/c1-17-9(16)6-3-2-5-4-14-15-8(5)7(6)10(11,12)13/h2-4H,1H3,(H,14,15). The molecule has 0 amide bonds. The fraction of sp³-hybridized carbons (Fsp3) is 0.200. The molecule has 0 saturated carbocycles. The van der Waals surface area contributed by atoms with Crippen LogP contribution in [0.2, 0.25) is 0 Å². The molecule has 0 spiro atoms. The molecule has 0 radical (unpaired) electrons. The summed E-state index contributed by atoms with van der Waals surface area (Å²) >= 11 is 0. The third-order valence-electron chi connectivity index (χ3n) is 2.31. The predicted octanol–water partition coefficient (Wildman–Crippen LogP) is 2.37. The number of alkyl halides is 3. The number of nitrogens with one attached hydrogen (secondary N) is 1. The van der Waals surface area contributed by atoms with Gasteiger partial charge < -0.3 is 4.74 Å². The number of carbonyl (C=O) groups excluding carboxylic acids is 1. The quantitative estimate of drug-likeness (QED) is 0.783. The van der Waals surface area contributed by atoms with Crippen LogP contribution in [0.4, 0.5) is 13.2 Å². The maximum atomic E-state index is 12.9. The van der Waals surface area contributed by atoms with Crippen LogP contribution in [0, 0.1) is 0 Å². The molecule has 0 atom stereocenters. The Hall–Kier alpha value is -2.05. The molecule has 0 unspecified atom stereocenters. The Balaban J connectivity index is 2.80. The van der Waals surface area contributed by atoms with Crippen LogP contribution in [0.1, 0.15) is 15.9 Å². The van der Waals surface area contributed by atoms with Crippen molar-refractivity contribution in [1.29, 1.82) is 0 Å². The van der Waals surface area contributed by atoms with E-state index in [1.165, 1.54) is 12.3 Å². The third-order valence-corrected chi connectivity index (χ3v) is 2.31. The molecule has 1 aromatic carbocycles. The average Bonchev–Trinajstić information content (AvgIpc) is 2.72. The molecule has 0 aliphatic heterocycles. The van der Waals surface area contributed by atoms with E-state index in [1.807, 2.05) is 0 Å². The van der Waals surface area contributed by atoms with Crippen LogP contribution in [0.15, 0.2) is 18.3 Å². The minimum Gasteiger partial charge on any atom is -0.465 e. The number of benzene rings is 1. The summed E-state index contributed by atoms with van der Waals surface area (Å²) in [6, 6.07) is 2.45. The maximum Gasteiger partial charge on any atom is 0.419 e. The van der Waals surface area contributed by atoms with Crippen molar-refractivity contribution in [2.24, 2.45) is 0 Å². The van der Waals surface area contributed by atoms with Gasteiger partial charge in [0.2, 0.25) is 0 Å². The molecule has 0 aliphatic rings. The van der Waals surface area contributed by atoms with Gasteiger partial charge in [-0.2, -0.15) is 18.3 Å². The zero-order valence-electron chi connectivity index (χ0n) is 8.63. The number of aromatic amines is 1. The smallest absolute Gasteiger partial charge is 0.419 e. The molecule has 1 heterocycles. The van der Waals surface area contributed by atoms with Crippen molar-refractivity contribution >= 4 is 16.9 Å². The van der Waals surface area contributed by atoms with Gasteiger partial charge in [-0.15, -0.1) is 0 Å². The predicted molar refractivity (Wildman–Crippen MR) is 52.4 cm³/mol. The Labute approximate surface area is 93.4 Å². The van der Waals surface area contributed by atoms with Gasteiger partial charge in [0.05, 0.1) is 30.0 Å². The number of methoxy groups -OCH3 is 1. The van der Waals surface area contributed by atoms with Crippen LogP contribution in [0.25, 0.3) is 10.9 Å². The molecule has 1 N–H and O–H groups in total. The van der Waals surface area contributed by atoms with Crippen molar-refractivity contribution < 1.29 is 22.7 Å². The second-order valence-electron chi connectivity index (χ2n) is 3.31. The number of aromatic nitrogens is 2. The summed E-state index contributed by atoms with van der Waals surface area (Å²) in [7, 11) is 1.03. The lowest BCUT2D eigenvalue weighted by molar-refractivity contribution is -0.136. The van der Waals surface area contributed by atoms with Crippen LogP contribution >= 0.6 is 0 Å². The summed E-state index contributed by atoms with van der Waals surface area (Å²) in [6.45, 7) is 0. The van der Waals surface area contributed by atoms with E-state index >= 15 is 0 Å². The highest BCUT2D eigenvalue weighted by Gasteiger charge is 2.38. The van der Waals surface area contributed by atoms with Crippen LogP contribution in [-0.4, -0.2) is 23.3 Å². The number of fused-ring (bicyclic) bond motifs is 1. The van der Waals surface area contributed by atoms with Crippen molar-refractivity contribution in [1.82, 2.24) is 10.2 Å². The van der Waals surface area contributed by atoms with Gasteiger partial charge >= 0.3 is 12.1 Å². The van der Waals surface area contributed by atoms with Gasteiger partial charge in [0, 0.05) is 5.39 Å². The Bertz CT molecular complexity index is 574. The first-order valence-corrected chi connectivity index (χ1v) is 4.56. The average molecular weight is 244 g/mol. The van der Waals surface area contributed by atoms with Gasteiger partial charge in [-0.1, -0.05) is 6.07 Å². The molecular formula is C10H7F3N2O2. The van der Waals surface area contributed by atoms with Gasteiger partial charge in [-0.25, -0.2) is 4.79 Å².